The van der Waals surface area contributed by atoms with Gasteiger partial charge in [0.05, 0.1) is 27.7 Å². The maximum Gasteiger partial charge on any atom is 0.416 e. The van der Waals surface area contributed by atoms with Gasteiger partial charge in [0, 0.05) is 33.8 Å². The normalized spacial score (nSPS) is 11.8. The highest BCUT2D eigenvalue weighted by Crippen LogP contribution is 2.33. The van der Waals surface area contributed by atoms with E-state index in [9.17, 15) is 18.0 Å². The molecule has 1 aromatic heterocycles. The fraction of sp³-hybridized carbons (Fsp3) is 0.111. The molecule has 0 aliphatic carbocycles. The summed E-state index contributed by atoms with van der Waals surface area (Å²) in [6.45, 7) is 1.80. The van der Waals surface area contributed by atoms with Crippen molar-refractivity contribution in [3.8, 4) is 16.9 Å². The fourth-order valence-corrected chi connectivity index (χ4v) is 4.32. The number of alkyl halides is 3. The Balaban J connectivity index is 1.61. The molecule has 1 N–H and O–H groups in total. The van der Waals surface area contributed by atoms with Crippen molar-refractivity contribution in [1.82, 2.24) is 15.1 Å². The predicted molar refractivity (Wildman–Crippen MR) is 141 cm³/mol. The van der Waals surface area contributed by atoms with E-state index in [0.29, 0.717) is 32.0 Å². The maximum absolute atomic E-state index is 12.9. The SMILES string of the molecule is Cc1c(/C=C/C(=O)NCc2cccc(C(F)(F)F)c2)nn(-c2ccc(Cl)cc2Cl)c1-c1ccc(Cl)cc1. The van der Waals surface area contributed by atoms with Gasteiger partial charge in [0.25, 0.3) is 0 Å². The molecule has 0 saturated carbocycles. The minimum atomic E-state index is -4.45. The zero-order valence-electron chi connectivity index (χ0n) is 19.3. The van der Waals surface area contributed by atoms with Gasteiger partial charge < -0.3 is 5.32 Å². The molecule has 4 nitrogen and oxygen atoms in total. The van der Waals surface area contributed by atoms with Gasteiger partial charge in [-0.1, -0.05) is 59.1 Å². The first-order chi connectivity index (χ1) is 17.5. The molecule has 3 aromatic carbocycles. The van der Waals surface area contributed by atoms with Crippen molar-refractivity contribution < 1.29 is 18.0 Å². The molecule has 37 heavy (non-hydrogen) atoms. The topological polar surface area (TPSA) is 46.9 Å². The van der Waals surface area contributed by atoms with Gasteiger partial charge in [-0.2, -0.15) is 18.3 Å². The Morgan fingerprint density at radius 1 is 1.00 bits per heavy atom. The number of aromatic nitrogens is 2. The number of halogens is 6. The molecule has 0 atom stereocenters. The second kappa shape index (κ2) is 11.0. The molecule has 0 aliphatic heterocycles. The monoisotopic (exact) mass is 563 g/mol. The van der Waals surface area contributed by atoms with E-state index in [0.717, 1.165) is 29.0 Å². The summed E-state index contributed by atoms with van der Waals surface area (Å²) >= 11 is 18.6. The van der Waals surface area contributed by atoms with Crippen LogP contribution in [-0.2, 0) is 17.5 Å². The van der Waals surface area contributed by atoms with Crippen molar-refractivity contribution >= 4 is 46.8 Å². The molecule has 1 amide bonds. The van der Waals surface area contributed by atoms with E-state index in [2.05, 4.69) is 10.4 Å². The van der Waals surface area contributed by atoms with Gasteiger partial charge in [-0.3, -0.25) is 4.79 Å². The average molecular weight is 565 g/mol. The van der Waals surface area contributed by atoms with E-state index in [1.54, 1.807) is 35.0 Å². The van der Waals surface area contributed by atoms with Crippen LogP contribution >= 0.6 is 34.8 Å². The Morgan fingerprint density at radius 2 is 1.70 bits per heavy atom. The summed E-state index contributed by atoms with van der Waals surface area (Å²) < 4.78 is 40.4. The second-order valence-corrected chi connectivity index (χ2v) is 9.40. The van der Waals surface area contributed by atoms with E-state index < -0.39 is 17.6 Å². The van der Waals surface area contributed by atoms with Gasteiger partial charge in [0.1, 0.15) is 0 Å². The summed E-state index contributed by atoms with van der Waals surface area (Å²) in [5, 5.41) is 8.70. The molecule has 0 fully saturated rings. The first-order valence-electron chi connectivity index (χ1n) is 11.0. The maximum atomic E-state index is 12.9. The summed E-state index contributed by atoms with van der Waals surface area (Å²) in [6, 6.07) is 17.1. The number of carbonyl (C=O) groups excluding carboxylic acids is 1. The third kappa shape index (κ3) is 6.36. The molecule has 0 bridgehead atoms. The summed E-state index contributed by atoms with van der Waals surface area (Å²) in [4.78, 5) is 12.4. The fourth-order valence-electron chi connectivity index (χ4n) is 3.71. The molecule has 10 heteroatoms. The highest BCUT2D eigenvalue weighted by Gasteiger charge is 2.30. The molecule has 0 spiro atoms. The number of hydrogen-bond donors (Lipinski definition) is 1. The number of benzene rings is 3. The highest BCUT2D eigenvalue weighted by molar-refractivity contribution is 6.35. The van der Waals surface area contributed by atoms with Gasteiger partial charge in [0.2, 0.25) is 5.91 Å². The van der Waals surface area contributed by atoms with Crippen molar-refractivity contribution in [1.29, 1.82) is 0 Å². The lowest BCUT2D eigenvalue weighted by atomic mass is 10.1. The van der Waals surface area contributed by atoms with E-state index in [4.69, 9.17) is 34.8 Å². The van der Waals surface area contributed by atoms with Crippen LogP contribution in [0.25, 0.3) is 23.0 Å². The number of nitrogens with one attached hydrogen (secondary N) is 1. The van der Waals surface area contributed by atoms with Gasteiger partial charge in [-0.15, -0.1) is 0 Å². The van der Waals surface area contributed by atoms with Gasteiger partial charge in [-0.25, -0.2) is 4.68 Å². The van der Waals surface area contributed by atoms with Crippen LogP contribution < -0.4 is 5.32 Å². The molecule has 0 aliphatic rings. The molecule has 0 unspecified atom stereocenters. The zero-order chi connectivity index (χ0) is 26.7. The number of amides is 1. The lowest BCUT2D eigenvalue weighted by molar-refractivity contribution is -0.137. The molecule has 0 radical (unpaired) electrons. The van der Waals surface area contributed by atoms with Crippen LogP contribution in [-0.4, -0.2) is 15.7 Å². The molecule has 0 saturated heterocycles. The van der Waals surface area contributed by atoms with Crippen LogP contribution in [0.1, 0.15) is 22.4 Å². The van der Waals surface area contributed by atoms with Crippen molar-refractivity contribution in [2.45, 2.75) is 19.6 Å². The summed E-state index contributed by atoms with van der Waals surface area (Å²) in [5.41, 5.74) is 3.00. The molecule has 190 valence electrons. The van der Waals surface area contributed by atoms with E-state index in [-0.39, 0.29) is 6.54 Å². The van der Waals surface area contributed by atoms with Crippen LogP contribution in [0.5, 0.6) is 0 Å². The van der Waals surface area contributed by atoms with Crippen LogP contribution in [0.15, 0.2) is 72.8 Å². The smallest absolute Gasteiger partial charge is 0.348 e. The molecular weight excluding hydrogens is 546 g/mol. The number of carbonyl (C=O) groups is 1. The number of rotatable bonds is 6. The first kappa shape index (κ1) is 26.8. The van der Waals surface area contributed by atoms with E-state index >= 15 is 0 Å². The Hall–Kier alpha value is -3.26. The van der Waals surface area contributed by atoms with Crippen LogP contribution in [0, 0.1) is 6.92 Å². The Bertz CT molecular complexity index is 1480. The van der Waals surface area contributed by atoms with Gasteiger partial charge in [-0.05, 0) is 61.0 Å². The van der Waals surface area contributed by atoms with Crippen molar-refractivity contribution in [3.63, 3.8) is 0 Å². The molecule has 4 rings (SSSR count). The minimum Gasteiger partial charge on any atom is -0.348 e. The molecule has 1 heterocycles. The van der Waals surface area contributed by atoms with Crippen LogP contribution in [0.4, 0.5) is 13.2 Å². The van der Waals surface area contributed by atoms with Gasteiger partial charge in [0.15, 0.2) is 0 Å². The van der Waals surface area contributed by atoms with Crippen molar-refractivity contribution in [2.75, 3.05) is 0 Å². The molecular formula is C27H19Cl3F3N3O. The van der Waals surface area contributed by atoms with Gasteiger partial charge >= 0.3 is 6.18 Å². The summed E-state index contributed by atoms with van der Waals surface area (Å²) in [7, 11) is 0. The number of nitrogens with zero attached hydrogens (tertiary/aromatic N) is 2. The summed E-state index contributed by atoms with van der Waals surface area (Å²) in [5.74, 6) is -0.482. The third-order valence-corrected chi connectivity index (χ3v) is 6.32. The lowest BCUT2D eigenvalue weighted by Crippen LogP contribution is -2.20. The Labute approximate surface area is 226 Å². The lowest BCUT2D eigenvalue weighted by Gasteiger charge is -2.11. The van der Waals surface area contributed by atoms with Crippen molar-refractivity contribution in [2.24, 2.45) is 0 Å². The predicted octanol–water partition coefficient (Wildman–Crippen LogP) is 8.16. The Kier molecular flexibility index (Phi) is 7.97. The standard InChI is InChI=1S/C27H19Cl3F3N3O/c1-16-23(10-12-25(37)34-15-17-3-2-4-19(13-17)27(31,32)33)35-36(24-11-9-21(29)14-22(24)30)26(16)18-5-7-20(28)8-6-18/h2-14H,15H2,1H3,(H,34,37)/b12-10+. The second-order valence-electron chi connectivity index (χ2n) is 8.12. The Morgan fingerprint density at radius 3 is 2.38 bits per heavy atom. The van der Waals surface area contributed by atoms with Crippen LogP contribution in [0.2, 0.25) is 15.1 Å². The summed E-state index contributed by atoms with van der Waals surface area (Å²) in [6.07, 6.45) is -1.63. The molecule has 4 aromatic rings. The average Bonchev–Trinajstić information content (AvgIpc) is 3.17. The van der Waals surface area contributed by atoms with Crippen molar-refractivity contribution in [3.05, 3.63) is 110 Å². The van der Waals surface area contributed by atoms with E-state index in [1.807, 2.05) is 19.1 Å². The number of hydrogen-bond acceptors (Lipinski definition) is 2. The van der Waals surface area contributed by atoms with Crippen LogP contribution in [0.3, 0.4) is 0 Å². The van der Waals surface area contributed by atoms with E-state index in [1.165, 1.54) is 24.3 Å². The first-order valence-corrected chi connectivity index (χ1v) is 12.1. The third-order valence-electron chi connectivity index (χ3n) is 5.53. The highest BCUT2D eigenvalue weighted by atomic mass is 35.5. The quantitative estimate of drug-likeness (QED) is 0.240. The minimum absolute atomic E-state index is 0.0586. The largest absolute Gasteiger partial charge is 0.416 e. The zero-order valence-corrected chi connectivity index (χ0v) is 21.6.